The molecule has 0 aliphatic carbocycles. The fourth-order valence-electron chi connectivity index (χ4n) is 1.75. The van der Waals surface area contributed by atoms with Crippen LogP contribution >= 0.6 is 11.3 Å². The molecule has 19 heavy (non-hydrogen) atoms. The van der Waals surface area contributed by atoms with Crippen LogP contribution in [0.3, 0.4) is 0 Å². The first-order chi connectivity index (χ1) is 9.36. The molecule has 96 valence electrons. The van der Waals surface area contributed by atoms with E-state index in [2.05, 4.69) is 15.1 Å². The van der Waals surface area contributed by atoms with E-state index in [9.17, 15) is 0 Å². The summed E-state index contributed by atoms with van der Waals surface area (Å²) in [6, 6.07) is 7.97. The maximum Gasteiger partial charge on any atom is 0.258 e. The lowest BCUT2D eigenvalue weighted by molar-refractivity contribution is 0.432. The van der Waals surface area contributed by atoms with E-state index in [4.69, 9.17) is 10.3 Å². The third-order valence-corrected chi connectivity index (χ3v) is 3.31. The quantitative estimate of drug-likeness (QED) is 0.788. The molecule has 0 bridgehead atoms. The maximum atomic E-state index is 5.52. The monoisotopic (exact) mass is 272 g/mol. The van der Waals surface area contributed by atoms with Crippen molar-refractivity contribution in [2.45, 2.75) is 6.42 Å². The SMILES string of the molecule is NCCc1ccc(-c2nc(-c3cscn3)no2)cc1. The van der Waals surface area contributed by atoms with Crippen LogP contribution in [0.4, 0.5) is 0 Å². The minimum atomic E-state index is 0.502. The average Bonchev–Trinajstić information content (AvgIpc) is 3.11. The van der Waals surface area contributed by atoms with E-state index in [0.717, 1.165) is 17.7 Å². The van der Waals surface area contributed by atoms with Gasteiger partial charge in [0.25, 0.3) is 5.89 Å². The lowest BCUT2D eigenvalue weighted by atomic mass is 10.1. The van der Waals surface area contributed by atoms with Crippen LogP contribution in [-0.4, -0.2) is 21.7 Å². The topological polar surface area (TPSA) is 77.8 Å². The number of hydrogen-bond donors (Lipinski definition) is 1. The van der Waals surface area contributed by atoms with E-state index < -0.39 is 0 Å². The number of thiazole rings is 1. The third-order valence-electron chi connectivity index (χ3n) is 2.72. The summed E-state index contributed by atoms with van der Waals surface area (Å²) in [6.45, 7) is 0.647. The first kappa shape index (κ1) is 12.0. The summed E-state index contributed by atoms with van der Waals surface area (Å²) in [5, 5.41) is 5.82. The van der Waals surface area contributed by atoms with Gasteiger partial charge in [-0.2, -0.15) is 4.98 Å². The van der Waals surface area contributed by atoms with Crippen molar-refractivity contribution in [3.8, 4) is 23.0 Å². The van der Waals surface area contributed by atoms with Gasteiger partial charge in [0.2, 0.25) is 5.82 Å². The van der Waals surface area contributed by atoms with E-state index in [1.807, 2.05) is 29.6 Å². The molecule has 2 N–H and O–H groups in total. The zero-order valence-corrected chi connectivity index (χ0v) is 10.9. The number of nitrogens with zero attached hydrogens (tertiary/aromatic N) is 3. The zero-order valence-electron chi connectivity index (χ0n) is 10.1. The first-order valence-corrected chi connectivity index (χ1v) is 6.83. The number of rotatable bonds is 4. The van der Waals surface area contributed by atoms with Crippen molar-refractivity contribution in [3.63, 3.8) is 0 Å². The summed E-state index contributed by atoms with van der Waals surface area (Å²) in [7, 11) is 0. The highest BCUT2D eigenvalue weighted by Crippen LogP contribution is 2.22. The van der Waals surface area contributed by atoms with Gasteiger partial charge in [-0.25, -0.2) is 4.98 Å². The lowest BCUT2D eigenvalue weighted by Crippen LogP contribution is -2.02. The largest absolute Gasteiger partial charge is 0.334 e. The molecule has 0 amide bonds. The van der Waals surface area contributed by atoms with Gasteiger partial charge in [0.15, 0.2) is 0 Å². The van der Waals surface area contributed by atoms with E-state index in [1.165, 1.54) is 16.9 Å². The minimum absolute atomic E-state index is 0.502. The summed E-state index contributed by atoms with van der Waals surface area (Å²) in [5.41, 5.74) is 10.1. The maximum absolute atomic E-state index is 5.52. The van der Waals surface area contributed by atoms with Crippen molar-refractivity contribution in [2.24, 2.45) is 5.73 Å². The molecule has 0 radical (unpaired) electrons. The van der Waals surface area contributed by atoms with E-state index in [0.29, 0.717) is 18.3 Å². The van der Waals surface area contributed by atoms with Crippen LogP contribution in [0.2, 0.25) is 0 Å². The Kier molecular flexibility index (Phi) is 3.35. The van der Waals surface area contributed by atoms with Crippen molar-refractivity contribution in [3.05, 3.63) is 40.7 Å². The van der Waals surface area contributed by atoms with Crippen molar-refractivity contribution in [1.82, 2.24) is 15.1 Å². The molecule has 0 unspecified atom stereocenters. The molecule has 0 saturated carbocycles. The van der Waals surface area contributed by atoms with Crippen LogP contribution in [0.15, 0.2) is 39.7 Å². The Morgan fingerprint density at radius 2 is 2.05 bits per heavy atom. The molecule has 5 nitrogen and oxygen atoms in total. The van der Waals surface area contributed by atoms with Crippen LogP contribution in [0.5, 0.6) is 0 Å². The van der Waals surface area contributed by atoms with Gasteiger partial charge in [0.1, 0.15) is 5.69 Å². The lowest BCUT2D eigenvalue weighted by Gasteiger charge is -1.98. The van der Waals surface area contributed by atoms with Gasteiger partial charge in [0, 0.05) is 10.9 Å². The van der Waals surface area contributed by atoms with Crippen LogP contribution in [-0.2, 0) is 6.42 Å². The molecule has 0 aliphatic rings. The van der Waals surface area contributed by atoms with E-state index in [1.54, 1.807) is 5.51 Å². The van der Waals surface area contributed by atoms with E-state index in [-0.39, 0.29) is 0 Å². The Labute approximate surface area is 114 Å². The van der Waals surface area contributed by atoms with Crippen LogP contribution in [0.1, 0.15) is 5.56 Å². The predicted octanol–water partition coefficient (Wildman–Crippen LogP) is 2.36. The Hall–Kier alpha value is -2.05. The smallest absolute Gasteiger partial charge is 0.258 e. The Bertz CT molecular complexity index is 646. The van der Waals surface area contributed by atoms with Gasteiger partial charge >= 0.3 is 0 Å². The fraction of sp³-hybridized carbons (Fsp3) is 0.154. The van der Waals surface area contributed by atoms with Crippen molar-refractivity contribution >= 4 is 11.3 Å². The summed E-state index contributed by atoms with van der Waals surface area (Å²) in [6.07, 6.45) is 0.869. The predicted molar refractivity (Wildman–Crippen MR) is 73.6 cm³/mol. The Morgan fingerprint density at radius 3 is 2.74 bits per heavy atom. The molecule has 2 aromatic heterocycles. The summed E-state index contributed by atoms with van der Waals surface area (Å²) in [4.78, 5) is 8.49. The molecule has 6 heteroatoms. The molecule has 3 aromatic rings. The molecule has 1 aromatic carbocycles. The van der Waals surface area contributed by atoms with Gasteiger partial charge in [0.05, 0.1) is 5.51 Å². The Morgan fingerprint density at radius 1 is 1.21 bits per heavy atom. The number of hydrogen-bond acceptors (Lipinski definition) is 6. The van der Waals surface area contributed by atoms with Gasteiger partial charge in [-0.05, 0) is 30.7 Å². The second-order valence-corrected chi connectivity index (χ2v) is 4.75. The molecule has 0 fully saturated rings. The molecular formula is C13H12N4OS. The van der Waals surface area contributed by atoms with Gasteiger partial charge < -0.3 is 10.3 Å². The van der Waals surface area contributed by atoms with Crippen molar-refractivity contribution in [1.29, 1.82) is 0 Å². The normalized spacial score (nSPS) is 10.8. The highest BCUT2D eigenvalue weighted by molar-refractivity contribution is 7.07. The molecule has 0 saturated heterocycles. The molecule has 2 heterocycles. The van der Waals surface area contributed by atoms with Gasteiger partial charge in [-0.1, -0.05) is 17.3 Å². The average molecular weight is 272 g/mol. The minimum Gasteiger partial charge on any atom is -0.334 e. The second-order valence-electron chi connectivity index (χ2n) is 4.03. The summed E-state index contributed by atoms with van der Waals surface area (Å²) < 4.78 is 5.25. The molecule has 0 aliphatic heterocycles. The van der Waals surface area contributed by atoms with E-state index >= 15 is 0 Å². The van der Waals surface area contributed by atoms with Gasteiger partial charge in [-0.15, -0.1) is 11.3 Å². The van der Waals surface area contributed by atoms with Gasteiger partial charge in [-0.3, -0.25) is 0 Å². The molecular weight excluding hydrogens is 260 g/mol. The number of nitrogens with two attached hydrogens (primary N) is 1. The second kappa shape index (κ2) is 5.29. The van der Waals surface area contributed by atoms with Crippen LogP contribution in [0.25, 0.3) is 23.0 Å². The highest BCUT2D eigenvalue weighted by atomic mass is 32.1. The number of benzene rings is 1. The van der Waals surface area contributed by atoms with Crippen LogP contribution in [0, 0.1) is 0 Å². The summed E-state index contributed by atoms with van der Waals surface area (Å²) >= 11 is 1.50. The van der Waals surface area contributed by atoms with Crippen molar-refractivity contribution < 1.29 is 4.52 Å². The standard InChI is InChI=1S/C13H12N4OS/c14-6-5-9-1-3-10(4-2-9)13-16-12(17-18-13)11-7-19-8-15-11/h1-4,7-8H,5-6,14H2. The highest BCUT2D eigenvalue weighted by Gasteiger charge is 2.11. The molecule has 3 rings (SSSR count). The summed E-state index contributed by atoms with van der Waals surface area (Å²) in [5.74, 6) is 1.02. The Balaban J connectivity index is 1.86. The molecule has 0 spiro atoms. The number of aromatic nitrogens is 3. The van der Waals surface area contributed by atoms with Crippen molar-refractivity contribution in [2.75, 3.05) is 6.54 Å². The fourth-order valence-corrected chi connectivity index (χ4v) is 2.28. The van der Waals surface area contributed by atoms with Crippen LogP contribution < -0.4 is 5.73 Å². The zero-order chi connectivity index (χ0) is 13.1. The third kappa shape index (κ3) is 2.54. The molecule has 0 atom stereocenters. The first-order valence-electron chi connectivity index (χ1n) is 5.88.